The molecule has 3 unspecified atom stereocenters. The molecular weight excluding hydrogens is 377 g/mol. The van der Waals surface area contributed by atoms with Gasteiger partial charge in [0.1, 0.15) is 5.82 Å². The maximum absolute atomic E-state index is 14.2. The molecule has 1 aromatic rings. The van der Waals surface area contributed by atoms with Crippen molar-refractivity contribution >= 4 is 17.6 Å². The van der Waals surface area contributed by atoms with E-state index in [4.69, 9.17) is 16.3 Å². The fraction of sp³-hybridized carbons (Fsp3) is 0.696. The lowest BCUT2D eigenvalue weighted by Crippen LogP contribution is -2.42. The fourth-order valence-electron chi connectivity index (χ4n) is 4.31. The Morgan fingerprint density at radius 3 is 2.71 bits per heavy atom. The summed E-state index contributed by atoms with van der Waals surface area (Å²) in [7, 11) is 0. The lowest BCUT2D eigenvalue weighted by atomic mass is 9.71. The van der Waals surface area contributed by atoms with Crippen LogP contribution in [0.1, 0.15) is 77.7 Å². The predicted octanol–water partition coefficient (Wildman–Crippen LogP) is 6.10. The Kier molecular flexibility index (Phi) is 8.76. The molecule has 158 valence electrons. The molecule has 1 aromatic carbocycles. The van der Waals surface area contributed by atoms with Crippen molar-refractivity contribution in [1.29, 1.82) is 0 Å². The zero-order valence-corrected chi connectivity index (χ0v) is 18.4. The molecule has 0 heterocycles. The van der Waals surface area contributed by atoms with Crippen molar-refractivity contribution in [2.24, 2.45) is 11.3 Å². The summed E-state index contributed by atoms with van der Waals surface area (Å²) in [6.45, 7) is 9.90. The summed E-state index contributed by atoms with van der Waals surface area (Å²) in [5.41, 5.74) is 1.24. The van der Waals surface area contributed by atoms with Crippen LogP contribution < -0.4 is 5.32 Å². The van der Waals surface area contributed by atoms with Gasteiger partial charge in [-0.2, -0.15) is 0 Å². The molecule has 3 nitrogen and oxygen atoms in total. The van der Waals surface area contributed by atoms with Gasteiger partial charge in [0.2, 0.25) is 0 Å². The summed E-state index contributed by atoms with van der Waals surface area (Å²) < 4.78 is 19.4. The Morgan fingerprint density at radius 1 is 1.32 bits per heavy atom. The van der Waals surface area contributed by atoms with E-state index in [-0.39, 0.29) is 28.9 Å². The first kappa shape index (κ1) is 23.2. The fourth-order valence-corrected chi connectivity index (χ4v) is 4.43. The molecule has 28 heavy (non-hydrogen) atoms. The third-order valence-corrected chi connectivity index (χ3v) is 5.91. The van der Waals surface area contributed by atoms with Crippen LogP contribution in [0.2, 0.25) is 5.02 Å². The Morgan fingerprint density at radius 2 is 2.07 bits per heavy atom. The van der Waals surface area contributed by atoms with E-state index in [1.54, 1.807) is 12.1 Å². The molecule has 1 saturated carbocycles. The van der Waals surface area contributed by atoms with Gasteiger partial charge in [-0.05, 0) is 68.2 Å². The molecule has 2 rings (SSSR count). The third kappa shape index (κ3) is 7.04. The number of hydrogen-bond acceptors (Lipinski definition) is 3. The average molecular weight is 412 g/mol. The number of ether oxygens (including phenoxy) is 1. The normalized spacial score (nSPS) is 22.9. The maximum Gasteiger partial charge on any atom is 0.306 e. The number of carbonyl (C=O) groups is 1. The quantitative estimate of drug-likeness (QED) is 0.414. The van der Waals surface area contributed by atoms with E-state index < -0.39 is 5.82 Å². The van der Waals surface area contributed by atoms with E-state index >= 15 is 0 Å². The number of rotatable bonds is 8. The minimum Gasteiger partial charge on any atom is -0.466 e. The van der Waals surface area contributed by atoms with Crippen LogP contribution in [-0.4, -0.2) is 25.2 Å². The van der Waals surface area contributed by atoms with Crippen LogP contribution in [0.3, 0.4) is 0 Å². The van der Waals surface area contributed by atoms with Crippen molar-refractivity contribution in [3.8, 4) is 0 Å². The van der Waals surface area contributed by atoms with Crippen LogP contribution in [-0.2, 0) is 9.53 Å². The number of hydrogen-bond donors (Lipinski definition) is 1. The van der Waals surface area contributed by atoms with Crippen LogP contribution >= 0.6 is 11.6 Å². The van der Waals surface area contributed by atoms with Crippen LogP contribution in [0.15, 0.2) is 18.2 Å². The van der Waals surface area contributed by atoms with Crippen LogP contribution in [0.4, 0.5) is 4.39 Å². The molecule has 0 aromatic heterocycles. The smallest absolute Gasteiger partial charge is 0.306 e. The maximum atomic E-state index is 14.2. The summed E-state index contributed by atoms with van der Waals surface area (Å²) in [5, 5.41) is 3.84. The van der Waals surface area contributed by atoms with Gasteiger partial charge in [0, 0.05) is 18.4 Å². The molecule has 1 aliphatic carbocycles. The minimum atomic E-state index is -0.397. The first-order valence-electron chi connectivity index (χ1n) is 10.5. The highest BCUT2D eigenvalue weighted by Gasteiger charge is 2.36. The minimum absolute atomic E-state index is 0.0829. The second-order valence-electron chi connectivity index (χ2n) is 9.12. The lowest BCUT2D eigenvalue weighted by Gasteiger charge is -2.39. The first-order valence-corrected chi connectivity index (χ1v) is 10.9. The molecule has 0 bridgehead atoms. The van der Waals surface area contributed by atoms with Gasteiger partial charge in [-0.25, -0.2) is 4.39 Å². The Bertz CT molecular complexity index is 644. The van der Waals surface area contributed by atoms with E-state index in [1.807, 2.05) is 13.0 Å². The Balaban J connectivity index is 2.15. The predicted molar refractivity (Wildman–Crippen MR) is 113 cm³/mol. The molecular formula is C23H35ClFNO2. The Hall–Kier alpha value is -1.13. The van der Waals surface area contributed by atoms with Crippen LogP contribution in [0.5, 0.6) is 0 Å². The van der Waals surface area contributed by atoms with Crippen molar-refractivity contribution in [1.82, 2.24) is 5.32 Å². The molecule has 5 heteroatoms. The van der Waals surface area contributed by atoms with Gasteiger partial charge in [-0.15, -0.1) is 0 Å². The van der Waals surface area contributed by atoms with E-state index in [2.05, 4.69) is 26.1 Å². The first-order chi connectivity index (χ1) is 13.2. The summed E-state index contributed by atoms with van der Waals surface area (Å²) in [5.74, 6) is -0.334. The van der Waals surface area contributed by atoms with Gasteiger partial charge in [-0.1, -0.05) is 44.9 Å². The largest absolute Gasteiger partial charge is 0.466 e. The summed E-state index contributed by atoms with van der Waals surface area (Å²) >= 11 is 5.90. The zero-order valence-electron chi connectivity index (χ0n) is 17.7. The van der Waals surface area contributed by atoms with E-state index in [9.17, 15) is 9.18 Å². The Labute approximate surface area is 174 Å². The standard InChI is InChI=1S/C23H35ClFNO2/c1-5-28-21(27)15-16-8-6-9-20(26-13-7-12-23(2,3)4)22(16)17-10-11-18(24)19(25)14-17/h10-11,14,16,20,22,26H,5-9,12-13,15H2,1-4H3. The third-order valence-electron chi connectivity index (χ3n) is 5.60. The monoisotopic (exact) mass is 411 g/mol. The van der Waals surface area contributed by atoms with Gasteiger partial charge in [0.15, 0.2) is 0 Å². The van der Waals surface area contributed by atoms with E-state index in [0.29, 0.717) is 18.4 Å². The molecule has 3 atom stereocenters. The summed E-state index contributed by atoms with van der Waals surface area (Å²) in [6, 6.07) is 5.30. The molecule has 0 saturated heterocycles. The lowest BCUT2D eigenvalue weighted by molar-refractivity contribution is -0.144. The highest BCUT2D eigenvalue weighted by atomic mass is 35.5. The highest BCUT2D eigenvalue weighted by Crippen LogP contribution is 2.41. The van der Waals surface area contributed by atoms with Crippen molar-refractivity contribution in [3.05, 3.63) is 34.6 Å². The molecule has 0 amide bonds. The molecule has 1 aliphatic rings. The van der Waals surface area contributed by atoms with Crippen molar-refractivity contribution in [2.45, 2.75) is 78.2 Å². The van der Waals surface area contributed by atoms with Gasteiger partial charge < -0.3 is 10.1 Å². The second kappa shape index (κ2) is 10.6. The van der Waals surface area contributed by atoms with Gasteiger partial charge >= 0.3 is 5.97 Å². The van der Waals surface area contributed by atoms with Gasteiger partial charge in [0.05, 0.1) is 11.6 Å². The molecule has 1 N–H and O–H groups in total. The number of nitrogens with one attached hydrogen (secondary N) is 1. The van der Waals surface area contributed by atoms with Crippen molar-refractivity contribution < 1.29 is 13.9 Å². The molecule has 1 fully saturated rings. The van der Waals surface area contributed by atoms with Gasteiger partial charge in [-0.3, -0.25) is 4.79 Å². The van der Waals surface area contributed by atoms with Crippen molar-refractivity contribution in [2.75, 3.05) is 13.2 Å². The topological polar surface area (TPSA) is 38.3 Å². The number of halogens is 2. The number of esters is 1. The summed E-state index contributed by atoms with van der Waals surface area (Å²) in [6.07, 6.45) is 5.68. The number of carbonyl (C=O) groups excluding carboxylic acids is 1. The van der Waals surface area contributed by atoms with E-state index in [1.165, 1.54) is 0 Å². The second-order valence-corrected chi connectivity index (χ2v) is 9.53. The molecule has 0 radical (unpaired) electrons. The molecule has 0 aliphatic heterocycles. The van der Waals surface area contributed by atoms with Gasteiger partial charge in [0.25, 0.3) is 0 Å². The average Bonchev–Trinajstić information content (AvgIpc) is 2.61. The van der Waals surface area contributed by atoms with Crippen molar-refractivity contribution in [3.63, 3.8) is 0 Å². The zero-order chi connectivity index (χ0) is 20.7. The molecule has 0 spiro atoms. The number of benzene rings is 1. The van der Waals surface area contributed by atoms with Crippen LogP contribution in [0, 0.1) is 17.2 Å². The van der Waals surface area contributed by atoms with Crippen LogP contribution in [0.25, 0.3) is 0 Å². The SMILES string of the molecule is CCOC(=O)CC1CCCC(NCCCC(C)(C)C)C1c1ccc(Cl)c(F)c1. The highest BCUT2D eigenvalue weighted by molar-refractivity contribution is 6.30. The summed E-state index contributed by atoms with van der Waals surface area (Å²) in [4.78, 5) is 12.1. The van der Waals surface area contributed by atoms with E-state index in [0.717, 1.165) is 44.2 Å².